The van der Waals surface area contributed by atoms with Crippen LogP contribution in [0.1, 0.15) is 37.8 Å². The monoisotopic (exact) mass is 245 g/mol. The van der Waals surface area contributed by atoms with E-state index in [1.54, 1.807) is 0 Å². The molecule has 2 fully saturated rings. The van der Waals surface area contributed by atoms with Gasteiger partial charge < -0.3 is 5.11 Å². The second-order valence-corrected chi connectivity index (χ2v) is 6.13. The van der Waals surface area contributed by atoms with Gasteiger partial charge >= 0.3 is 0 Å². The fourth-order valence-electron chi connectivity index (χ4n) is 3.95. The highest BCUT2D eigenvalue weighted by molar-refractivity contribution is 5.19. The largest absolute Gasteiger partial charge is 0.396 e. The lowest BCUT2D eigenvalue weighted by Gasteiger charge is -2.29. The second-order valence-electron chi connectivity index (χ2n) is 6.13. The molecule has 1 aliphatic carbocycles. The lowest BCUT2D eigenvalue weighted by atomic mass is 9.82. The van der Waals surface area contributed by atoms with Crippen molar-refractivity contribution in [2.75, 3.05) is 19.7 Å². The Labute approximate surface area is 110 Å². The van der Waals surface area contributed by atoms with Crippen molar-refractivity contribution in [3.63, 3.8) is 0 Å². The van der Waals surface area contributed by atoms with Crippen LogP contribution in [0.5, 0.6) is 0 Å². The highest BCUT2D eigenvalue weighted by Gasteiger charge is 2.49. The van der Waals surface area contributed by atoms with Gasteiger partial charge in [0.2, 0.25) is 0 Å². The summed E-state index contributed by atoms with van der Waals surface area (Å²) < 4.78 is 0. The van der Waals surface area contributed by atoms with Crippen LogP contribution in [0.3, 0.4) is 0 Å². The molecule has 1 N–H and O–H groups in total. The van der Waals surface area contributed by atoms with E-state index in [1.165, 1.54) is 24.8 Å². The molecule has 0 amide bonds. The molecule has 0 aromatic heterocycles. The molecular weight excluding hydrogens is 222 g/mol. The molecule has 98 valence electrons. The van der Waals surface area contributed by atoms with E-state index >= 15 is 0 Å². The van der Waals surface area contributed by atoms with Crippen LogP contribution in [0.2, 0.25) is 0 Å². The standard InChI is InChI=1S/C16H23NO/c1-13(14-6-3-2-4-7-14)17-10-15-8-5-9-16(15,11-17)12-18/h2-4,6-7,13,15,18H,5,8-12H2,1H3/t13-,15-,16+/m1/s1. The SMILES string of the molecule is C[C@H](c1ccccc1)N1C[C@H]2CCC[C@@]2(CO)C1. The summed E-state index contributed by atoms with van der Waals surface area (Å²) in [6, 6.07) is 11.2. The first-order valence-corrected chi connectivity index (χ1v) is 7.15. The molecule has 0 spiro atoms. The topological polar surface area (TPSA) is 23.5 Å². The highest BCUT2D eigenvalue weighted by atomic mass is 16.3. The Morgan fingerprint density at radius 3 is 2.83 bits per heavy atom. The quantitative estimate of drug-likeness (QED) is 0.885. The number of likely N-dealkylation sites (tertiary alicyclic amines) is 1. The molecule has 0 bridgehead atoms. The molecule has 2 heteroatoms. The lowest BCUT2D eigenvalue weighted by Crippen LogP contribution is -2.32. The van der Waals surface area contributed by atoms with Crippen LogP contribution < -0.4 is 0 Å². The molecule has 0 radical (unpaired) electrons. The molecule has 2 nitrogen and oxygen atoms in total. The normalized spacial score (nSPS) is 33.6. The van der Waals surface area contributed by atoms with E-state index in [0.29, 0.717) is 18.6 Å². The molecule has 1 aromatic rings. The Morgan fingerprint density at radius 1 is 1.39 bits per heavy atom. The van der Waals surface area contributed by atoms with Crippen LogP contribution in [0.25, 0.3) is 0 Å². The smallest absolute Gasteiger partial charge is 0.0502 e. The van der Waals surface area contributed by atoms with Gasteiger partial charge in [0.05, 0.1) is 6.61 Å². The maximum atomic E-state index is 9.77. The third-order valence-corrected chi connectivity index (χ3v) is 5.21. The zero-order valence-corrected chi connectivity index (χ0v) is 11.2. The molecule has 1 saturated carbocycles. The third-order valence-electron chi connectivity index (χ3n) is 5.21. The average molecular weight is 245 g/mol. The van der Waals surface area contributed by atoms with Crippen LogP contribution in [-0.2, 0) is 0 Å². The van der Waals surface area contributed by atoms with Gasteiger partial charge in [0.1, 0.15) is 0 Å². The number of fused-ring (bicyclic) bond motifs is 1. The van der Waals surface area contributed by atoms with Gasteiger partial charge in [-0.3, -0.25) is 4.90 Å². The van der Waals surface area contributed by atoms with E-state index in [1.807, 2.05) is 0 Å². The van der Waals surface area contributed by atoms with Gasteiger partial charge in [-0.05, 0) is 31.2 Å². The van der Waals surface area contributed by atoms with Crippen molar-refractivity contribution in [3.05, 3.63) is 35.9 Å². The molecule has 3 rings (SSSR count). The van der Waals surface area contributed by atoms with E-state index < -0.39 is 0 Å². The van der Waals surface area contributed by atoms with Gasteiger partial charge in [-0.15, -0.1) is 0 Å². The predicted molar refractivity (Wildman–Crippen MR) is 73.3 cm³/mol. The van der Waals surface area contributed by atoms with E-state index in [-0.39, 0.29) is 5.41 Å². The average Bonchev–Trinajstić information content (AvgIpc) is 2.95. The lowest BCUT2D eigenvalue weighted by molar-refractivity contribution is 0.107. The molecule has 1 aliphatic heterocycles. The number of aliphatic hydroxyl groups is 1. The van der Waals surface area contributed by atoms with Gasteiger partial charge in [-0.2, -0.15) is 0 Å². The fourth-order valence-corrected chi connectivity index (χ4v) is 3.95. The van der Waals surface area contributed by atoms with Crippen LogP contribution in [0.4, 0.5) is 0 Å². The van der Waals surface area contributed by atoms with Crippen molar-refractivity contribution < 1.29 is 5.11 Å². The first-order chi connectivity index (χ1) is 8.75. The zero-order chi connectivity index (χ0) is 12.6. The molecule has 2 aliphatic rings. The highest BCUT2D eigenvalue weighted by Crippen LogP contribution is 2.49. The van der Waals surface area contributed by atoms with Crippen molar-refractivity contribution in [2.24, 2.45) is 11.3 Å². The van der Waals surface area contributed by atoms with Gasteiger partial charge in [-0.1, -0.05) is 36.8 Å². The van der Waals surface area contributed by atoms with Gasteiger partial charge in [0.15, 0.2) is 0 Å². The van der Waals surface area contributed by atoms with E-state index in [0.717, 1.165) is 13.1 Å². The molecule has 0 unspecified atom stereocenters. The second kappa shape index (κ2) is 4.67. The van der Waals surface area contributed by atoms with Crippen molar-refractivity contribution >= 4 is 0 Å². The Hall–Kier alpha value is -0.860. The zero-order valence-electron chi connectivity index (χ0n) is 11.2. The first kappa shape index (κ1) is 12.2. The van der Waals surface area contributed by atoms with Gasteiger partial charge in [0, 0.05) is 24.5 Å². The Morgan fingerprint density at radius 2 is 2.17 bits per heavy atom. The molecular formula is C16H23NO. The summed E-state index contributed by atoms with van der Waals surface area (Å²) in [6.07, 6.45) is 3.82. The van der Waals surface area contributed by atoms with Crippen LogP contribution in [-0.4, -0.2) is 29.7 Å². The molecule has 3 atom stereocenters. The minimum atomic E-state index is 0.211. The van der Waals surface area contributed by atoms with Gasteiger partial charge in [-0.25, -0.2) is 0 Å². The summed E-state index contributed by atoms with van der Waals surface area (Å²) in [6.45, 7) is 4.90. The molecule has 1 saturated heterocycles. The summed E-state index contributed by atoms with van der Waals surface area (Å²) in [5.74, 6) is 0.716. The molecule has 1 aromatic carbocycles. The summed E-state index contributed by atoms with van der Waals surface area (Å²) in [7, 11) is 0. The summed E-state index contributed by atoms with van der Waals surface area (Å²) in [5.41, 5.74) is 1.61. The Bertz CT molecular complexity index is 405. The van der Waals surface area contributed by atoms with Crippen molar-refractivity contribution in [1.29, 1.82) is 0 Å². The number of rotatable bonds is 3. The van der Waals surface area contributed by atoms with Crippen molar-refractivity contribution in [3.8, 4) is 0 Å². The number of aliphatic hydroxyl groups excluding tert-OH is 1. The predicted octanol–water partition coefficient (Wildman–Crippen LogP) is 2.84. The Kier molecular flexibility index (Phi) is 3.16. The van der Waals surface area contributed by atoms with E-state index in [9.17, 15) is 5.11 Å². The maximum absolute atomic E-state index is 9.77. The summed E-state index contributed by atoms with van der Waals surface area (Å²) in [5, 5.41) is 9.77. The minimum absolute atomic E-state index is 0.211. The number of nitrogens with zero attached hydrogens (tertiary/aromatic N) is 1. The molecule has 18 heavy (non-hydrogen) atoms. The van der Waals surface area contributed by atoms with Crippen molar-refractivity contribution in [1.82, 2.24) is 4.90 Å². The van der Waals surface area contributed by atoms with Crippen LogP contribution in [0, 0.1) is 11.3 Å². The summed E-state index contributed by atoms with van der Waals surface area (Å²) >= 11 is 0. The third kappa shape index (κ3) is 1.88. The Balaban J connectivity index is 1.76. The number of hydrogen-bond donors (Lipinski definition) is 1. The summed E-state index contributed by atoms with van der Waals surface area (Å²) in [4.78, 5) is 2.56. The number of hydrogen-bond acceptors (Lipinski definition) is 2. The first-order valence-electron chi connectivity index (χ1n) is 7.15. The maximum Gasteiger partial charge on any atom is 0.0502 e. The van der Waals surface area contributed by atoms with E-state index in [2.05, 4.69) is 42.2 Å². The van der Waals surface area contributed by atoms with Crippen molar-refractivity contribution in [2.45, 2.75) is 32.2 Å². The molecule has 1 heterocycles. The van der Waals surface area contributed by atoms with E-state index in [4.69, 9.17) is 0 Å². The van der Waals surface area contributed by atoms with Crippen LogP contribution >= 0.6 is 0 Å². The minimum Gasteiger partial charge on any atom is -0.396 e. The van der Waals surface area contributed by atoms with Gasteiger partial charge in [0.25, 0.3) is 0 Å². The number of benzene rings is 1. The van der Waals surface area contributed by atoms with Crippen LogP contribution in [0.15, 0.2) is 30.3 Å². The fraction of sp³-hybridized carbons (Fsp3) is 0.625.